The standard InChI is InChI=1S/C9H14IN3S/c1-9(2,3)12-8(13-11)6-4-7(10)14-5-6/h4-5H,11H2,1-3H3,(H,12,13). The maximum absolute atomic E-state index is 5.44. The van der Waals surface area contributed by atoms with Crippen LogP contribution < -0.4 is 11.3 Å². The van der Waals surface area contributed by atoms with Crippen LogP contribution in [0.4, 0.5) is 0 Å². The van der Waals surface area contributed by atoms with Gasteiger partial charge >= 0.3 is 0 Å². The minimum atomic E-state index is -0.116. The fourth-order valence-electron chi connectivity index (χ4n) is 0.950. The molecule has 0 aromatic carbocycles. The predicted octanol–water partition coefficient (Wildman–Crippen LogP) is 2.36. The SMILES string of the molecule is CC(C)(C)N=C(NN)c1csc(I)c1. The molecule has 3 N–H and O–H groups in total. The zero-order valence-corrected chi connectivity index (χ0v) is 11.4. The van der Waals surface area contributed by atoms with E-state index in [9.17, 15) is 0 Å². The van der Waals surface area contributed by atoms with Crippen LogP contribution in [0.1, 0.15) is 26.3 Å². The van der Waals surface area contributed by atoms with Crippen LogP contribution in [0.25, 0.3) is 0 Å². The molecule has 0 unspecified atom stereocenters. The first-order chi connectivity index (χ1) is 6.42. The quantitative estimate of drug-likeness (QED) is 0.274. The lowest BCUT2D eigenvalue weighted by molar-refractivity contribution is 0.580. The molecule has 1 aromatic rings. The lowest BCUT2D eigenvalue weighted by Crippen LogP contribution is -2.33. The first-order valence-corrected chi connectivity index (χ1v) is 6.19. The molecule has 14 heavy (non-hydrogen) atoms. The van der Waals surface area contributed by atoms with Crippen molar-refractivity contribution in [3.63, 3.8) is 0 Å². The van der Waals surface area contributed by atoms with Gasteiger partial charge in [-0.15, -0.1) is 11.3 Å². The maximum atomic E-state index is 5.44. The number of nitrogens with two attached hydrogens (primary N) is 1. The number of hydrogen-bond donors (Lipinski definition) is 2. The van der Waals surface area contributed by atoms with Gasteiger partial charge in [-0.05, 0) is 49.4 Å². The van der Waals surface area contributed by atoms with Crippen LogP contribution in [0.3, 0.4) is 0 Å². The van der Waals surface area contributed by atoms with Crippen LogP contribution in [-0.2, 0) is 0 Å². The lowest BCUT2D eigenvalue weighted by atomic mass is 10.1. The van der Waals surface area contributed by atoms with E-state index in [2.05, 4.69) is 39.1 Å². The van der Waals surface area contributed by atoms with Crippen molar-refractivity contribution in [3.05, 3.63) is 19.9 Å². The Morgan fingerprint density at radius 1 is 1.57 bits per heavy atom. The van der Waals surface area contributed by atoms with Gasteiger partial charge in [0.1, 0.15) is 5.84 Å². The van der Waals surface area contributed by atoms with Crippen molar-refractivity contribution in [3.8, 4) is 0 Å². The number of amidine groups is 1. The van der Waals surface area contributed by atoms with Crippen molar-refractivity contribution in [2.75, 3.05) is 0 Å². The fourth-order valence-corrected chi connectivity index (χ4v) is 2.28. The van der Waals surface area contributed by atoms with E-state index in [1.54, 1.807) is 11.3 Å². The molecule has 3 nitrogen and oxygen atoms in total. The molecule has 0 saturated carbocycles. The van der Waals surface area contributed by atoms with Crippen molar-refractivity contribution >= 4 is 39.8 Å². The number of nitrogens with one attached hydrogen (secondary N) is 1. The van der Waals surface area contributed by atoms with Crippen LogP contribution in [0.2, 0.25) is 0 Å². The van der Waals surface area contributed by atoms with Gasteiger partial charge in [0.25, 0.3) is 0 Å². The van der Waals surface area contributed by atoms with Crippen LogP contribution >= 0.6 is 33.9 Å². The first-order valence-electron chi connectivity index (χ1n) is 4.23. The maximum Gasteiger partial charge on any atom is 0.143 e. The Labute approximate surface area is 102 Å². The highest BCUT2D eigenvalue weighted by Gasteiger charge is 2.11. The average molecular weight is 323 g/mol. The van der Waals surface area contributed by atoms with E-state index < -0.39 is 0 Å². The van der Waals surface area contributed by atoms with Gasteiger partial charge in [-0.25, -0.2) is 5.84 Å². The molecule has 5 heteroatoms. The van der Waals surface area contributed by atoms with E-state index in [4.69, 9.17) is 5.84 Å². The number of hydrogen-bond acceptors (Lipinski definition) is 3. The summed E-state index contributed by atoms with van der Waals surface area (Å²) in [5.74, 6) is 6.19. The summed E-state index contributed by atoms with van der Waals surface area (Å²) in [6.45, 7) is 6.13. The summed E-state index contributed by atoms with van der Waals surface area (Å²) in [4.78, 5) is 4.49. The van der Waals surface area contributed by atoms with Crippen LogP contribution in [-0.4, -0.2) is 11.4 Å². The summed E-state index contributed by atoms with van der Waals surface area (Å²) >= 11 is 3.97. The molecule has 1 rings (SSSR count). The fraction of sp³-hybridized carbons (Fsp3) is 0.444. The molecular weight excluding hydrogens is 309 g/mol. The Morgan fingerprint density at radius 2 is 2.21 bits per heavy atom. The summed E-state index contributed by atoms with van der Waals surface area (Å²) < 4.78 is 1.23. The largest absolute Gasteiger partial charge is 0.308 e. The number of rotatable bonds is 1. The van der Waals surface area contributed by atoms with Crippen molar-refractivity contribution in [1.82, 2.24) is 5.43 Å². The second-order valence-corrected chi connectivity index (χ2v) is 6.72. The van der Waals surface area contributed by atoms with E-state index in [1.165, 1.54) is 2.88 Å². The molecule has 0 saturated heterocycles. The summed E-state index contributed by atoms with van der Waals surface area (Å²) in [7, 11) is 0. The number of thiophene rings is 1. The Balaban J connectivity index is 2.99. The molecule has 0 aliphatic heterocycles. The number of nitrogens with zero attached hydrogens (tertiary/aromatic N) is 1. The third-order valence-electron chi connectivity index (χ3n) is 1.42. The molecule has 0 aliphatic carbocycles. The molecule has 0 fully saturated rings. The highest BCUT2D eigenvalue weighted by Crippen LogP contribution is 2.18. The van der Waals surface area contributed by atoms with Crippen molar-refractivity contribution in [2.45, 2.75) is 26.3 Å². The molecule has 1 aromatic heterocycles. The zero-order valence-electron chi connectivity index (χ0n) is 8.47. The smallest absolute Gasteiger partial charge is 0.143 e. The van der Waals surface area contributed by atoms with Gasteiger partial charge in [0.05, 0.1) is 8.42 Å². The topological polar surface area (TPSA) is 50.4 Å². The van der Waals surface area contributed by atoms with Crippen LogP contribution in [0.15, 0.2) is 16.4 Å². The third-order valence-corrected chi connectivity index (χ3v) is 3.21. The van der Waals surface area contributed by atoms with Crippen LogP contribution in [0.5, 0.6) is 0 Å². The highest BCUT2D eigenvalue weighted by atomic mass is 127. The van der Waals surface area contributed by atoms with Gasteiger partial charge in [0.15, 0.2) is 0 Å². The second kappa shape index (κ2) is 4.59. The molecule has 0 bridgehead atoms. The summed E-state index contributed by atoms with van der Waals surface area (Å²) in [6, 6.07) is 2.07. The van der Waals surface area contributed by atoms with Gasteiger partial charge in [0.2, 0.25) is 0 Å². The zero-order chi connectivity index (χ0) is 10.8. The van der Waals surface area contributed by atoms with E-state index in [1.807, 2.05) is 26.2 Å². The second-order valence-electron chi connectivity index (χ2n) is 3.92. The molecule has 1 heterocycles. The van der Waals surface area contributed by atoms with Crippen molar-refractivity contribution in [2.24, 2.45) is 10.8 Å². The lowest BCUT2D eigenvalue weighted by Gasteiger charge is -2.14. The van der Waals surface area contributed by atoms with Gasteiger partial charge in [-0.2, -0.15) is 0 Å². The first kappa shape index (κ1) is 11.9. The van der Waals surface area contributed by atoms with Crippen LogP contribution in [0, 0.1) is 2.88 Å². The Morgan fingerprint density at radius 3 is 2.57 bits per heavy atom. The third kappa shape index (κ3) is 3.55. The molecule has 0 amide bonds. The van der Waals surface area contributed by atoms with Gasteiger partial charge in [-0.3, -0.25) is 4.99 Å². The summed E-state index contributed by atoms with van der Waals surface area (Å²) in [6.07, 6.45) is 0. The monoisotopic (exact) mass is 323 g/mol. The molecule has 0 atom stereocenters. The predicted molar refractivity (Wildman–Crippen MR) is 70.6 cm³/mol. The highest BCUT2D eigenvalue weighted by molar-refractivity contribution is 14.1. The Kier molecular flexibility index (Phi) is 3.91. The summed E-state index contributed by atoms with van der Waals surface area (Å²) in [5, 5.41) is 2.05. The number of aliphatic imine (C=N–C) groups is 1. The molecular formula is C9H14IN3S. The molecule has 78 valence electrons. The molecule has 0 spiro atoms. The van der Waals surface area contributed by atoms with E-state index in [0.29, 0.717) is 0 Å². The van der Waals surface area contributed by atoms with Crippen molar-refractivity contribution in [1.29, 1.82) is 0 Å². The normalized spacial score (nSPS) is 13.1. The van der Waals surface area contributed by atoms with Gasteiger partial charge in [0, 0.05) is 10.9 Å². The van der Waals surface area contributed by atoms with E-state index in [0.717, 1.165) is 11.4 Å². The minimum Gasteiger partial charge on any atom is -0.308 e. The van der Waals surface area contributed by atoms with E-state index in [-0.39, 0.29) is 5.54 Å². The summed E-state index contributed by atoms with van der Waals surface area (Å²) in [5.41, 5.74) is 3.58. The number of hydrazine groups is 1. The molecule has 0 radical (unpaired) electrons. The van der Waals surface area contributed by atoms with E-state index >= 15 is 0 Å². The van der Waals surface area contributed by atoms with Gasteiger partial charge in [-0.1, -0.05) is 0 Å². The van der Waals surface area contributed by atoms with Crippen molar-refractivity contribution < 1.29 is 0 Å². The number of halogens is 1. The van der Waals surface area contributed by atoms with Gasteiger partial charge < -0.3 is 5.43 Å². The Hall–Kier alpha value is -0.140. The Bertz CT molecular complexity index is 338. The average Bonchev–Trinajstić information content (AvgIpc) is 2.46. The molecule has 0 aliphatic rings. The minimum absolute atomic E-state index is 0.116.